The molecule has 0 bridgehead atoms. The second-order valence-electron chi connectivity index (χ2n) is 5.55. The summed E-state index contributed by atoms with van der Waals surface area (Å²) in [7, 11) is -3.25. The topological polar surface area (TPSA) is 83.7 Å². The second-order valence-corrected chi connectivity index (χ2v) is 7.63. The minimum Gasteiger partial charge on any atom is -0.340 e. The largest absolute Gasteiger partial charge is 0.340 e. The SMILES string of the molecule is CC(C)(C)C(=O)N1CCN(S(=O)(=O)CCN)CC1. The van der Waals surface area contributed by atoms with Crippen molar-refractivity contribution in [2.75, 3.05) is 38.5 Å². The van der Waals surface area contributed by atoms with Crippen molar-refractivity contribution in [1.29, 1.82) is 0 Å². The standard InChI is InChI=1S/C11H23N3O3S/c1-11(2,3)10(15)13-5-7-14(8-6-13)18(16,17)9-4-12/h4-9,12H2,1-3H3. The van der Waals surface area contributed by atoms with Gasteiger partial charge in [-0.3, -0.25) is 4.79 Å². The first-order chi connectivity index (χ1) is 8.18. The third-order valence-electron chi connectivity index (χ3n) is 2.94. The first kappa shape index (κ1) is 15.4. The van der Waals surface area contributed by atoms with Crippen LogP contribution in [0.5, 0.6) is 0 Å². The van der Waals surface area contributed by atoms with Gasteiger partial charge in [0.15, 0.2) is 0 Å². The molecule has 6 nitrogen and oxygen atoms in total. The Morgan fingerprint density at radius 1 is 1.17 bits per heavy atom. The smallest absolute Gasteiger partial charge is 0.228 e. The lowest BCUT2D eigenvalue weighted by atomic mass is 9.94. The van der Waals surface area contributed by atoms with Crippen LogP contribution in [0.4, 0.5) is 0 Å². The highest BCUT2D eigenvalue weighted by Crippen LogP contribution is 2.19. The zero-order valence-corrected chi connectivity index (χ0v) is 12.2. The van der Waals surface area contributed by atoms with Gasteiger partial charge in [-0.1, -0.05) is 20.8 Å². The van der Waals surface area contributed by atoms with E-state index in [1.165, 1.54) is 4.31 Å². The molecule has 1 heterocycles. The summed E-state index contributed by atoms with van der Waals surface area (Å²) in [4.78, 5) is 13.8. The number of rotatable bonds is 3. The Balaban J connectivity index is 2.59. The number of piperazine rings is 1. The van der Waals surface area contributed by atoms with Gasteiger partial charge in [-0.2, -0.15) is 4.31 Å². The van der Waals surface area contributed by atoms with E-state index in [4.69, 9.17) is 5.73 Å². The van der Waals surface area contributed by atoms with Crippen molar-refractivity contribution in [2.24, 2.45) is 11.1 Å². The Bertz CT molecular complexity index is 392. The van der Waals surface area contributed by atoms with Crippen molar-refractivity contribution in [3.63, 3.8) is 0 Å². The van der Waals surface area contributed by atoms with Gasteiger partial charge in [0.1, 0.15) is 0 Å². The molecular formula is C11H23N3O3S. The molecule has 0 radical (unpaired) electrons. The summed E-state index contributed by atoms with van der Waals surface area (Å²) in [5, 5.41) is 0. The van der Waals surface area contributed by atoms with Crippen LogP contribution in [0.1, 0.15) is 20.8 Å². The summed E-state index contributed by atoms with van der Waals surface area (Å²) in [5.74, 6) is 0.0404. The number of hydrogen-bond donors (Lipinski definition) is 1. The summed E-state index contributed by atoms with van der Waals surface area (Å²) in [6, 6.07) is 0. The van der Waals surface area contributed by atoms with E-state index in [9.17, 15) is 13.2 Å². The predicted octanol–water partition coefficient (Wildman–Crippen LogP) is -0.535. The molecule has 1 saturated heterocycles. The fraction of sp³-hybridized carbons (Fsp3) is 0.909. The third-order valence-corrected chi connectivity index (χ3v) is 4.84. The van der Waals surface area contributed by atoms with Crippen LogP contribution in [-0.2, 0) is 14.8 Å². The van der Waals surface area contributed by atoms with Crippen LogP contribution in [0.3, 0.4) is 0 Å². The Labute approximate surface area is 109 Å². The van der Waals surface area contributed by atoms with Crippen molar-refractivity contribution < 1.29 is 13.2 Å². The molecular weight excluding hydrogens is 254 g/mol. The molecule has 0 saturated carbocycles. The molecule has 0 aliphatic carbocycles. The summed E-state index contributed by atoms with van der Waals surface area (Å²) in [6.07, 6.45) is 0. The summed E-state index contributed by atoms with van der Waals surface area (Å²) >= 11 is 0. The van der Waals surface area contributed by atoms with E-state index in [0.29, 0.717) is 26.2 Å². The minimum absolute atomic E-state index is 0.0276. The summed E-state index contributed by atoms with van der Waals surface area (Å²) < 4.78 is 25.0. The van der Waals surface area contributed by atoms with E-state index in [-0.39, 0.29) is 18.2 Å². The Hall–Kier alpha value is -0.660. The number of amides is 1. The van der Waals surface area contributed by atoms with Crippen molar-refractivity contribution in [3.8, 4) is 0 Å². The highest BCUT2D eigenvalue weighted by Gasteiger charge is 2.32. The fourth-order valence-corrected chi connectivity index (χ4v) is 3.20. The van der Waals surface area contributed by atoms with Gasteiger partial charge < -0.3 is 10.6 Å². The number of carbonyl (C=O) groups is 1. The normalized spacial score (nSPS) is 19.0. The van der Waals surface area contributed by atoms with Crippen molar-refractivity contribution in [3.05, 3.63) is 0 Å². The number of nitrogens with zero attached hydrogens (tertiary/aromatic N) is 2. The Kier molecular flexibility index (Phi) is 4.74. The first-order valence-electron chi connectivity index (χ1n) is 6.16. The van der Waals surface area contributed by atoms with Gasteiger partial charge in [0, 0.05) is 38.1 Å². The Morgan fingerprint density at radius 2 is 1.67 bits per heavy atom. The zero-order chi connectivity index (χ0) is 14.0. The summed E-state index contributed by atoms with van der Waals surface area (Å²) in [6.45, 7) is 7.38. The van der Waals surface area contributed by atoms with Crippen molar-refractivity contribution >= 4 is 15.9 Å². The van der Waals surface area contributed by atoms with Gasteiger partial charge in [-0.25, -0.2) is 8.42 Å². The van der Waals surface area contributed by atoms with Crippen molar-refractivity contribution in [2.45, 2.75) is 20.8 Å². The molecule has 1 amide bonds. The zero-order valence-electron chi connectivity index (χ0n) is 11.3. The molecule has 0 aromatic rings. The molecule has 18 heavy (non-hydrogen) atoms. The van der Waals surface area contributed by atoms with Crippen LogP contribution in [0.25, 0.3) is 0 Å². The van der Waals surface area contributed by atoms with Gasteiger partial charge >= 0.3 is 0 Å². The fourth-order valence-electron chi connectivity index (χ4n) is 1.92. The monoisotopic (exact) mass is 277 g/mol. The quantitative estimate of drug-likeness (QED) is 0.751. The average molecular weight is 277 g/mol. The van der Waals surface area contributed by atoms with Crippen LogP contribution >= 0.6 is 0 Å². The molecule has 0 aromatic carbocycles. The number of nitrogens with two attached hydrogens (primary N) is 1. The molecule has 0 aromatic heterocycles. The lowest BCUT2D eigenvalue weighted by molar-refractivity contribution is -0.140. The maximum absolute atomic E-state index is 12.0. The molecule has 0 unspecified atom stereocenters. The van der Waals surface area contributed by atoms with E-state index in [0.717, 1.165) is 0 Å². The maximum atomic E-state index is 12.0. The molecule has 1 aliphatic rings. The minimum atomic E-state index is -3.25. The lowest BCUT2D eigenvalue weighted by Crippen LogP contribution is -2.53. The Morgan fingerprint density at radius 3 is 2.06 bits per heavy atom. The molecule has 1 rings (SSSR count). The van der Waals surface area contributed by atoms with Crippen LogP contribution in [0.2, 0.25) is 0 Å². The van der Waals surface area contributed by atoms with Crippen LogP contribution < -0.4 is 5.73 Å². The lowest BCUT2D eigenvalue weighted by Gasteiger charge is -2.37. The number of carbonyl (C=O) groups excluding carboxylic acids is 1. The maximum Gasteiger partial charge on any atom is 0.228 e. The second kappa shape index (κ2) is 5.54. The predicted molar refractivity (Wildman–Crippen MR) is 70.4 cm³/mol. The molecule has 0 atom stereocenters. The highest BCUT2D eigenvalue weighted by molar-refractivity contribution is 7.89. The van der Waals surface area contributed by atoms with E-state index < -0.39 is 15.4 Å². The molecule has 1 fully saturated rings. The van der Waals surface area contributed by atoms with Crippen LogP contribution in [-0.4, -0.2) is 62.0 Å². The molecule has 1 aliphatic heterocycles. The first-order valence-corrected chi connectivity index (χ1v) is 7.76. The molecule has 2 N–H and O–H groups in total. The summed E-state index contributed by atoms with van der Waals surface area (Å²) in [5.41, 5.74) is 4.87. The third kappa shape index (κ3) is 3.66. The van der Waals surface area contributed by atoms with Gasteiger partial charge in [-0.15, -0.1) is 0 Å². The van der Waals surface area contributed by atoms with Gasteiger partial charge in [-0.05, 0) is 0 Å². The number of hydrogen-bond acceptors (Lipinski definition) is 4. The van der Waals surface area contributed by atoms with Crippen molar-refractivity contribution in [1.82, 2.24) is 9.21 Å². The molecule has 0 spiro atoms. The highest BCUT2D eigenvalue weighted by atomic mass is 32.2. The van der Waals surface area contributed by atoms with Gasteiger partial charge in [0.25, 0.3) is 0 Å². The van der Waals surface area contributed by atoms with E-state index in [1.807, 2.05) is 20.8 Å². The molecule has 106 valence electrons. The van der Waals surface area contributed by atoms with Crippen LogP contribution in [0.15, 0.2) is 0 Å². The average Bonchev–Trinajstić information content (AvgIpc) is 2.27. The van der Waals surface area contributed by atoms with Crippen LogP contribution in [0, 0.1) is 5.41 Å². The van der Waals surface area contributed by atoms with Gasteiger partial charge in [0.2, 0.25) is 15.9 Å². The van der Waals surface area contributed by atoms with E-state index in [2.05, 4.69) is 0 Å². The molecule has 7 heteroatoms. The van der Waals surface area contributed by atoms with Gasteiger partial charge in [0.05, 0.1) is 5.75 Å². The van der Waals surface area contributed by atoms with E-state index in [1.54, 1.807) is 4.90 Å². The number of sulfonamides is 1. The van der Waals surface area contributed by atoms with E-state index >= 15 is 0 Å².